The third-order valence-electron chi connectivity index (χ3n) is 7.72. The van der Waals surface area contributed by atoms with Crippen molar-refractivity contribution in [1.29, 1.82) is 0 Å². The maximum Gasteiger partial charge on any atom is 0.254 e. The van der Waals surface area contributed by atoms with Crippen molar-refractivity contribution >= 4 is 5.91 Å². The van der Waals surface area contributed by atoms with E-state index < -0.39 is 11.0 Å². The van der Waals surface area contributed by atoms with Crippen molar-refractivity contribution < 1.29 is 14.6 Å². The number of fused-ring (bicyclic) bond motifs is 1. The van der Waals surface area contributed by atoms with Gasteiger partial charge in [-0.05, 0) is 75.0 Å². The van der Waals surface area contributed by atoms with Crippen LogP contribution in [0.2, 0.25) is 0 Å². The number of likely N-dealkylation sites (tertiary alicyclic amines) is 1. The van der Waals surface area contributed by atoms with Gasteiger partial charge in [-0.1, -0.05) is 44.2 Å². The van der Waals surface area contributed by atoms with Crippen LogP contribution in [-0.4, -0.2) is 66.2 Å². The number of carbonyl (C=O) groups is 1. The van der Waals surface area contributed by atoms with E-state index in [4.69, 9.17) is 4.74 Å². The fraction of sp³-hybridized carbons (Fsp3) is 0.536. The molecule has 4 rings (SSSR count). The molecule has 1 amide bonds. The maximum atomic E-state index is 13.6. The summed E-state index contributed by atoms with van der Waals surface area (Å²) >= 11 is 0. The molecule has 1 N–H and O–H groups in total. The van der Waals surface area contributed by atoms with Gasteiger partial charge in [0.2, 0.25) is 0 Å². The quantitative estimate of drug-likeness (QED) is 0.711. The molecule has 1 saturated heterocycles. The average Bonchev–Trinajstić information content (AvgIpc) is 2.82. The van der Waals surface area contributed by atoms with Crippen LogP contribution >= 0.6 is 0 Å². The predicted octanol–water partition coefficient (Wildman–Crippen LogP) is 4.35. The number of benzene rings is 2. The van der Waals surface area contributed by atoms with Gasteiger partial charge in [0.1, 0.15) is 5.75 Å². The van der Waals surface area contributed by atoms with Crippen molar-refractivity contribution in [3.8, 4) is 5.75 Å². The van der Waals surface area contributed by atoms with Gasteiger partial charge >= 0.3 is 0 Å². The lowest BCUT2D eigenvalue weighted by atomic mass is 9.55. The van der Waals surface area contributed by atoms with Gasteiger partial charge in [-0.15, -0.1) is 0 Å². The second kappa shape index (κ2) is 9.47. The van der Waals surface area contributed by atoms with Gasteiger partial charge in [0.05, 0.1) is 12.7 Å². The third kappa shape index (κ3) is 4.53. The molecule has 1 aliphatic heterocycles. The number of hydrogen-bond acceptors (Lipinski definition) is 4. The minimum atomic E-state index is -0.831. The largest absolute Gasteiger partial charge is 0.497 e. The van der Waals surface area contributed by atoms with Gasteiger partial charge in [-0.2, -0.15) is 0 Å². The van der Waals surface area contributed by atoms with Crippen molar-refractivity contribution in [1.82, 2.24) is 9.80 Å². The lowest BCUT2D eigenvalue weighted by Crippen LogP contribution is -2.67. The molecule has 178 valence electrons. The fourth-order valence-corrected chi connectivity index (χ4v) is 6.07. The van der Waals surface area contributed by atoms with Crippen LogP contribution in [0.3, 0.4) is 0 Å². The lowest BCUT2D eigenvalue weighted by molar-refractivity contribution is -0.129. The summed E-state index contributed by atoms with van der Waals surface area (Å²) in [6.07, 6.45) is 3.10. The van der Waals surface area contributed by atoms with Gasteiger partial charge in [0, 0.05) is 30.1 Å². The molecule has 0 radical (unpaired) electrons. The van der Waals surface area contributed by atoms with E-state index in [1.54, 1.807) is 7.11 Å². The minimum Gasteiger partial charge on any atom is -0.497 e. The molecule has 1 saturated carbocycles. The number of ether oxygens (including phenoxy) is 1. The Labute approximate surface area is 198 Å². The summed E-state index contributed by atoms with van der Waals surface area (Å²) < 4.78 is 5.54. The summed E-state index contributed by atoms with van der Waals surface area (Å²) in [5.41, 5.74) is 0.613. The first-order valence-corrected chi connectivity index (χ1v) is 12.2. The molecule has 5 nitrogen and oxygen atoms in total. The van der Waals surface area contributed by atoms with Gasteiger partial charge in [0.15, 0.2) is 0 Å². The molecule has 2 aliphatic rings. The fourth-order valence-electron chi connectivity index (χ4n) is 6.07. The third-order valence-corrected chi connectivity index (χ3v) is 7.72. The van der Waals surface area contributed by atoms with Crippen molar-refractivity contribution in [3.63, 3.8) is 0 Å². The lowest BCUT2D eigenvalue weighted by Gasteiger charge is -2.59. The Bertz CT molecular complexity index is 963. The van der Waals surface area contributed by atoms with Crippen LogP contribution in [0, 0.1) is 5.92 Å². The highest BCUT2D eigenvalue weighted by atomic mass is 16.5. The van der Waals surface area contributed by atoms with E-state index in [1.807, 2.05) is 42.5 Å². The van der Waals surface area contributed by atoms with Crippen molar-refractivity contribution in [2.24, 2.45) is 5.92 Å². The molecule has 0 aromatic heterocycles. The Balaban J connectivity index is 1.74. The number of methoxy groups -OCH3 is 1. The number of nitrogens with zero attached hydrogens (tertiary/aromatic N) is 2. The van der Waals surface area contributed by atoms with Crippen LogP contribution in [0.4, 0.5) is 0 Å². The van der Waals surface area contributed by atoms with Crippen molar-refractivity contribution in [2.75, 3.05) is 33.8 Å². The van der Waals surface area contributed by atoms with Crippen molar-refractivity contribution in [2.45, 2.75) is 56.6 Å². The number of piperidine rings is 1. The van der Waals surface area contributed by atoms with E-state index in [2.05, 4.69) is 42.8 Å². The summed E-state index contributed by atoms with van der Waals surface area (Å²) in [6.45, 7) is 6.61. The minimum absolute atomic E-state index is 0.0787. The Morgan fingerprint density at radius 1 is 1.18 bits per heavy atom. The number of hydrogen-bond donors (Lipinski definition) is 1. The number of β-amino-alcohol motifs (C(OH)–C–C–N with tert-alkyl or cyclic N) is 1. The Morgan fingerprint density at radius 3 is 2.64 bits per heavy atom. The molecular formula is C28H38N2O3. The average molecular weight is 451 g/mol. The summed E-state index contributed by atoms with van der Waals surface area (Å²) in [4.78, 5) is 18.0. The monoisotopic (exact) mass is 450 g/mol. The number of rotatable bonds is 6. The normalized spacial score (nSPS) is 27.8. The zero-order valence-electron chi connectivity index (χ0n) is 20.5. The highest BCUT2D eigenvalue weighted by Crippen LogP contribution is 2.53. The van der Waals surface area contributed by atoms with Crippen LogP contribution < -0.4 is 4.74 Å². The molecule has 1 aliphatic carbocycles. The van der Waals surface area contributed by atoms with Crippen LogP contribution in [-0.2, 0) is 5.41 Å². The van der Waals surface area contributed by atoms with E-state index in [0.717, 1.165) is 42.7 Å². The highest BCUT2D eigenvalue weighted by molar-refractivity contribution is 5.94. The first kappa shape index (κ1) is 23.8. The SMILES string of the molecule is COc1cccc([C@@]23CCN(C)C[C@@]2(O)CC[C@@H](N(CC(C)C)C(=O)c2ccccc2)C3)c1. The second-order valence-electron chi connectivity index (χ2n) is 10.4. The number of amides is 1. The van der Waals surface area contributed by atoms with E-state index in [0.29, 0.717) is 25.4 Å². The van der Waals surface area contributed by atoms with Crippen LogP contribution in [0.1, 0.15) is 55.5 Å². The predicted molar refractivity (Wildman–Crippen MR) is 132 cm³/mol. The highest BCUT2D eigenvalue weighted by Gasteiger charge is 2.58. The Hall–Kier alpha value is -2.37. The van der Waals surface area contributed by atoms with E-state index >= 15 is 0 Å². The molecule has 1 heterocycles. The van der Waals surface area contributed by atoms with Gasteiger partial charge < -0.3 is 19.6 Å². The zero-order chi connectivity index (χ0) is 23.6. The zero-order valence-corrected chi connectivity index (χ0v) is 20.5. The number of aliphatic hydroxyl groups is 1. The molecule has 2 aromatic rings. The second-order valence-corrected chi connectivity index (χ2v) is 10.4. The molecule has 2 fully saturated rings. The van der Waals surface area contributed by atoms with E-state index in [-0.39, 0.29) is 11.9 Å². The molecule has 2 aromatic carbocycles. The summed E-state index contributed by atoms with van der Waals surface area (Å²) in [6, 6.07) is 17.9. The first-order valence-electron chi connectivity index (χ1n) is 12.2. The Kier molecular flexibility index (Phi) is 6.83. The molecular weight excluding hydrogens is 412 g/mol. The molecule has 33 heavy (non-hydrogen) atoms. The van der Waals surface area contributed by atoms with E-state index in [9.17, 15) is 9.90 Å². The standard InChI is InChI=1S/C28H38N2O3/c1-21(2)19-30(26(31)22-9-6-5-7-10-22)24-13-14-28(32)20-29(3)16-15-27(28,18-24)23-11-8-12-25(17-23)33-4/h5-12,17,21,24,32H,13-16,18-20H2,1-4H3/t24-,27+,28+/m1/s1. The topological polar surface area (TPSA) is 53.0 Å². The van der Waals surface area contributed by atoms with E-state index in [1.165, 1.54) is 0 Å². The molecule has 0 bridgehead atoms. The summed E-state index contributed by atoms with van der Waals surface area (Å²) in [5, 5.41) is 12.1. The maximum absolute atomic E-state index is 13.6. The van der Waals surface area contributed by atoms with Gasteiger partial charge in [0.25, 0.3) is 5.91 Å². The number of likely N-dealkylation sites (N-methyl/N-ethyl adjacent to an activating group) is 1. The smallest absolute Gasteiger partial charge is 0.254 e. The van der Waals surface area contributed by atoms with Gasteiger partial charge in [-0.25, -0.2) is 0 Å². The summed E-state index contributed by atoms with van der Waals surface area (Å²) in [5.74, 6) is 1.27. The van der Waals surface area contributed by atoms with Crippen LogP contribution in [0.5, 0.6) is 5.75 Å². The number of carbonyl (C=O) groups excluding carboxylic acids is 1. The van der Waals surface area contributed by atoms with Crippen LogP contribution in [0.15, 0.2) is 54.6 Å². The van der Waals surface area contributed by atoms with Gasteiger partial charge in [-0.3, -0.25) is 4.79 Å². The molecule has 3 atom stereocenters. The first-order chi connectivity index (χ1) is 15.8. The summed E-state index contributed by atoms with van der Waals surface area (Å²) in [7, 11) is 3.77. The molecule has 0 spiro atoms. The van der Waals surface area contributed by atoms with Crippen LogP contribution in [0.25, 0.3) is 0 Å². The molecule has 5 heteroatoms. The molecule has 0 unspecified atom stereocenters. The van der Waals surface area contributed by atoms with Crippen molar-refractivity contribution in [3.05, 3.63) is 65.7 Å². The Morgan fingerprint density at radius 2 is 1.94 bits per heavy atom.